The maximum Gasteiger partial charge on any atom is 0.175 e. The molecule has 3 nitrogen and oxygen atoms in total. The molecule has 0 fully saturated rings. The van der Waals surface area contributed by atoms with Crippen molar-refractivity contribution >= 4 is 31.9 Å². The molecule has 0 heterocycles. The van der Waals surface area contributed by atoms with E-state index in [9.17, 15) is 4.39 Å². The minimum atomic E-state index is -0.301. The summed E-state index contributed by atoms with van der Waals surface area (Å²) in [6.45, 7) is 0.718. The monoisotopic (exact) mass is 417 g/mol. The lowest BCUT2D eigenvalue weighted by Crippen LogP contribution is -2.02. The Balaban J connectivity index is 2.21. The molecule has 2 rings (SSSR count). The molecular formula is C15H14Br2FNO2. The molecule has 21 heavy (non-hydrogen) atoms. The number of hydrogen-bond donors (Lipinski definition) is 1. The largest absolute Gasteiger partial charge is 0.493 e. The van der Waals surface area contributed by atoms with Crippen LogP contribution in [0.3, 0.4) is 0 Å². The van der Waals surface area contributed by atoms with Crippen molar-refractivity contribution in [1.29, 1.82) is 0 Å². The predicted octanol–water partition coefficient (Wildman–Crippen LogP) is 4.40. The zero-order valence-electron chi connectivity index (χ0n) is 11.3. The fourth-order valence-corrected chi connectivity index (χ4v) is 2.85. The second kappa shape index (κ2) is 7.24. The Morgan fingerprint density at radius 3 is 2.43 bits per heavy atom. The zero-order chi connectivity index (χ0) is 15.4. The summed E-state index contributed by atoms with van der Waals surface area (Å²) >= 11 is 6.60. The molecule has 0 radical (unpaired) electrons. The van der Waals surface area contributed by atoms with Gasteiger partial charge >= 0.3 is 0 Å². The van der Waals surface area contributed by atoms with E-state index in [2.05, 4.69) is 31.9 Å². The summed E-state index contributed by atoms with van der Waals surface area (Å²) in [5.74, 6) is 0.894. The lowest BCUT2D eigenvalue weighted by molar-refractivity contribution is 0.282. The Bertz CT molecular complexity index is 650. The van der Waals surface area contributed by atoms with Crippen molar-refractivity contribution in [3.8, 4) is 11.5 Å². The second-order valence-electron chi connectivity index (χ2n) is 4.35. The van der Waals surface area contributed by atoms with Gasteiger partial charge in [0.1, 0.15) is 12.4 Å². The molecule has 0 amide bonds. The number of nitrogens with two attached hydrogens (primary N) is 1. The van der Waals surface area contributed by atoms with Crippen LogP contribution in [0.4, 0.5) is 4.39 Å². The van der Waals surface area contributed by atoms with Crippen molar-refractivity contribution in [3.05, 3.63) is 56.2 Å². The van der Waals surface area contributed by atoms with Crippen molar-refractivity contribution < 1.29 is 13.9 Å². The van der Waals surface area contributed by atoms with E-state index in [1.807, 2.05) is 12.1 Å². The van der Waals surface area contributed by atoms with Gasteiger partial charge in [-0.05, 0) is 67.3 Å². The molecule has 0 aliphatic rings. The Labute approximate surface area is 139 Å². The fraction of sp³-hybridized carbons (Fsp3) is 0.200. The molecular weight excluding hydrogens is 405 g/mol. The van der Waals surface area contributed by atoms with Crippen LogP contribution in [0, 0.1) is 5.82 Å². The van der Waals surface area contributed by atoms with Crippen LogP contribution >= 0.6 is 31.9 Å². The molecule has 112 valence electrons. The number of ether oxygens (including phenoxy) is 2. The Morgan fingerprint density at radius 2 is 1.81 bits per heavy atom. The van der Waals surface area contributed by atoms with Gasteiger partial charge in [0, 0.05) is 6.54 Å². The smallest absolute Gasteiger partial charge is 0.175 e. The third-order valence-corrected chi connectivity index (χ3v) is 4.09. The molecule has 0 aliphatic heterocycles. The van der Waals surface area contributed by atoms with E-state index in [0.29, 0.717) is 29.1 Å². The second-order valence-corrected chi connectivity index (χ2v) is 6.06. The van der Waals surface area contributed by atoms with Gasteiger partial charge in [-0.3, -0.25) is 0 Å². The van der Waals surface area contributed by atoms with Crippen LogP contribution in [-0.4, -0.2) is 7.11 Å². The topological polar surface area (TPSA) is 44.5 Å². The summed E-state index contributed by atoms with van der Waals surface area (Å²) in [6.07, 6.45) is 0. The lowest BCUT2D eigenvalue weighted by Gasteiger charge is -2.14. The number of rotatable bonds is 5. The van der Waals surface area contributed by atoms with E-state index < -0.39 is 0 Å². The van der Waals surface area contributed by atoms with E-state index in [0.717, 1.165) is 15.6 Å². The molecule has 2 N–H and O–H groups in total. The Kier molecular flexibility index (Phi) is 5.61. The molecule has 0 bridgehead atoms. The number of methoxy groups -OCH3 is 1. The summed E-state index contributed by atoms with van der Waals surface area (Å²) in [5, 5.41) is 0. The van der Waals surface area contributed by atoms with E-state index in [-0.39, 0.29) is 5.82 Å². The highest BCUT2D eigenvalue weighted by molar-refractivity contribution is 9.10. The van der Waals surface area contributed by atoms with E-state index in [1.54, 1.807) is 19.2 Å². The average molecular weight is 419 g/mol. The summed E-state index contributed by atoms with van der Waals surface area (Å²) < 4.78 is 25.5. The van der Waals surface area contributed by atoms with E-state index in [4.69, 9.17) is 15.2 Å². The number of hydrogen-bond acceptors (Lipinski definition) is 3. The van der Waals surface area contributed by atoms with Crippen molar-refractivity contribution in [1.82, 2.24) is 0 Å². The van der Waals surface area contributed by atoms with Crippen LogP contribution in [0.2, 0.25) is 0 Å². The first-order chi connectivity index (χ1) is 10.0. The van der Waals surface area contributed by atoms with Crippen molar-refractivity contribution in [2.75, 3.05) is 7.11 Å². The van der Waals surface area contributed by atoms with Gasteiger partial charge in [-0.2, -0.15) is 0 Å². The first-order valence-electron chi connectivity index (χ1n) is 6.18. The molecule has 2 aromatic carbocycles. The third-order valence-electron chi connectivity index (χ3n) is 2.89. The molecule has 0 aromatic heterocycles. The standard InChI is InChI=1S/C15H14Br2FNO2/c1-20-14-6-10(7-19)5-12(17)15(14)21-8-9-2-3-13(18)11(16)4-9/h2-6H,7-8,19H2,1H3. The first-order valence-corrected chi connectivity index (χ1v) is 7.77. The summed E-state index contributed by atoms with van der Waals surface area (Å²) in [5.41, 5.74) is 7.42. The first kappa shape index (κ1) is 16.3. The number of halogens is 3. The Morgan fingerprint density at radius 1 is 1.10 bits per heavy atom. The van der Waals surface area contributed by atoms with Crippen LogP contribution < -0.4 is 15.2 Å². The highest BCUT2D eigenvalue weighted by atomic mass is 79.9. The van der Waals surface area contributed by atoms with Crippen LogP contribution in [0.15, 0.2) is 39.3 Å². The van der Waals surface area contributed by atoms with Gasteiger partial charge in [0.2, 0.25) is 0 Å². The molecule has 6 heteroatoms. The fourth-order valence-electron chi connectivity index (χ4n) is 1.82. The van der Waals surface area contributed by atoms with Crippen LogP contribution in [-0.2, 0) is 13.2 Å². The van der Waals surface area contributed by atoms with Gasteiger partial charge in [0.25, 0.3) is 0 Å². The third kappa shape index (κ3) is 3.96. The molecule has 2 aromatic rings. The summed E-state index contributed by atoms with van der Waals surface area (Å²) in [6, 6.07) is 8.48. The van der Waals surface area contributed by atoms with Crippen molar-refractivity contribution in [2.45, 2.75) is 13.2 Å². The minimum absolute atomic E-state index is 0.301. The highest BCUT2D eigenvalue weighted by Crippen LogP contribution is 2.37. The number of benzene rings is 2. The predicted molar refractivity (Wildman–Crippen MR) is 87.0 cm³/mol. The Hall–Kier alpha value is -1.11. The maximum atomic E-state index is 13.2. The molecule has 0 spiro atoms. The normalized spacial score (nSPS) is 10.5. The zero-order valence-corrected chi connectivity index (χ0v) is 14.5. The van der Waals surface area contributed by atoms with Crippen LogP contribution in [0.25, 0.3) is 0 Å². The van der Waals surface area contributed by atoms with Crippen molar-refractivity contribution in [3.63, 3.8) is 0 Å². The van der Waals surface area contributed by atoms with E-state index in [1.165, 1.54) is 6.07 Å². The summed E-state index contributed by atoms with van der Waals surface area (Å²) in [7, 11) is 1.57. The summed E-state index contributed by atoms with van der Waals surface area (Å²) in [4.78, 5) is 0. The molecule has 0 unspecified atom stereocenters. The minimum Gasteiger partial charge on any atom is -0.493 e. The van der Waals surface area contributed by atoms with Crippen molar-refractivity contribution in [2.24, 2.45) is 5.73 Å². The highest BCUT2D eigenvalue weighted by Gasteiger charge is 2.12. The quantitative estimate of drug-likeness (QED) is 0.782. The van der Waals surface area contributed by atoms with Crippen LogP contribution in [0.5, 0.6) is 11.5 Å². The average Bonchev–Trinajstić information content (AvgIpc) is 2.48. The molecule has 0 saturated heterocycles. The van der Waals surface area contributed by atoms with Gasteiger partial charge in [-0.25, -0.2) is 4.39 Å². The maximum absolute atomic E-state index is 13.2. The van der Waals surface area contributed by atoms with Crippen LogP contribution in [0.1, 0.15) is 11.1 Å². The van der Waals surface area contributed by atoms with Gasteiger partial charge in [0.15, 0.2) is 11.5 Å². The lowest BCUT2D eigenvalue weighted by atomic mass is 10.2. The van der Waals surface area contributed by atoms with E-state index >= 15 is 0 Å². The molecule has 0 aliphatic carbocycles. The van der Waals surface area contributed by atoms with Gasteiger partial charge in [-0.1, -0.05) is 6.07 Å². The molecule has 0 atom stereocenters. The van der Waals surface area contributed by atoms with Gasteiger partial charge in [-0.15, -0.1) is 0 Å². The van der Waals surface area contributed by atoms with Gasteiger partial charge < -0.3 is 15.2 Å². The van der Waals surface area contributed by atoms with Gasteiger partial charge in [0.05, 0.1) is 16.1 Å². The molecule has 0 saturated carbocycles. The SMILES string of the molecule is COc1cc(CN)cc(Br)c1OCc1ccc(F)c(Br)c1.